The summed E-state index contributed by atoms with van der Waals surface area (Å²) in [5.74, 6) is 0.698. The van der Waals surface area contributed by atoms with Gasteiger partial charge in [-0.3, -0.25) is 4.79 Å². The van der Waals surface area contributed by atoms with Crippen LogP contribution in [-0.2, 0) is 9.53 Å². The van der Waals surface area contributed by atoms with Crippen molar-refractivity contribution < 1.29 is 9.53 Å². The Morgan fingerprint density at radius 2 is 1.85 bits per heavy atom. The Labute approximate surface area is 81.9 Å². The fourth-order valence-corrected chi connectivity index (χ4v) is 0.443. The van der Waals surface area contributed by atoms with Gasteiger partial charge in [0.1, 0.15) is 0 Å². The maximum atomic E-state index is 10.6. The molecule has 0 bridgehead atoms. The first-order valence-electron chi connectivity index (χ1n) is 4.84. The van der Waals surface area contributed by atoms with Gasteiger partial charge in [-0.25, -0.2) is 0 Å². The smallest absolute Gasteiger partial charge is 0.219 e. The summed E-state index contributed by atoms with van der Waals surface area (Å²) in [4.78, 5) is 10.6. The third kappa shape index (κ3) is 18.4. The van der Waals surface area contributed by atoms with Gasteiger partial charge in [-0.2, -0.15) is 0 Å². The van der Waals surface area contributed by atoms with Crippen molar-refractivity contribution in [2.45, 2.75) is 34.1 Å². The van der Waals surface area contributed by atoms with Gasteiger partial charge in [0.2, 0.25) is 5.91 Å². The number of ether oxygens (including phenoxy) is 1. The maximum absolute atomic E-state index is 10.6. The van der Waals surface area contributed by atoms with Crippen LogP contribution in [0.25, 0.3) is 0 Å². The van der Waals surface area contributed by atoms with Crippen LogP contribution in [0, 0.1) is 5.92 Å². The predicted molar refractivity (Wildman–Crippen MR) is 55.7 cm³/mol. The number of carbonyl (C=O) groups is 1. The van der Waals surface area contributed by atoms with E-state index in [2.05, 4.69) is 23.9 Å². The lowest BCUT2D eigenvalue weighted by Gasteiger charge is -2.04. The number of methoxy groups -OCH3 is 1. The number of carbonyl (C=O) groups excluding carboxylic acids is 1. The molecule has 0 spiro atoms. The highest BCUT2D eigenvalue weighted by atomic mass is 16.5. The Kier molecular flexibility index (Phi) is 13.1. The second-order valence-electron chi connectivity index (χ2n) is 3.13. The minimum Gasteiger partial charge on any atom is -0.385 e. The van der Waals surface area contributed by atoms with Crippen LogP contribution in [0.15, 0.2) is 0 Å². The van der Waals surface area contributed by atoms with E-state index in [1.165, 1.54) is 0 Å². The van der Waals surface area contributed by atoms with Crippen LogP contribution in [0.3, 0.4) is 0 Å². The van der Waals surface area contributed by atoms with E-state index in [4.69, 9.17) is 0 Å². The third-order valence-electron chi connectivity index (χ3n) is 1.32. The van der Waals surface area contributed by atoms with Crippen molar-refractivity contribution in [2.24, 2.45) is 5.92 Å². The molecule has 0 aromatic rings. The molecule has 3 nitrogen and oxygen atoms in total. The average Bonchev–Trinajstić information content (AvgIpc) is 2.14. The molecule has 0 aliphatic rings. The van der Waals surface area contributed by atoms with E-state index >= 15 is 0 Å². The first-order valence-corrected chi connectivity index (χ1v) is 4.84. The summed E-state index contributed by atoms with van der Waals surface area (Å²) >= 11 is 0. The normalized spacial score (nSPS) is 9.08. The van der Waals surface area contributed by atoms with Crippen LogP contribution in [0.4, 0.5) is 0 Å². The predicted octanol–water partition coefficient (Wildman–Crippen LogP) is 1.82. The van der Waals surface area contributed by atoms with Crippen LogP contribution < -0.4 is 5.32 Å². The van der Waals surface area contributed by atoms with Crippen LogP contribution in [0.2, 0.25) is 0 Å². The van der Waals surface area contributed by atoms with E-state index in [1.807, 2.05) is 13.8 Å². The molecule has 0 atom stereocenters. The van der Waals surface area contributed by atoms with Gasteiger partial charge >= 0.3 is 0 Å². The summed E-state index contributed by atoms with van der Waals surface area (Å²) in [6, 6.07) is 0. The lowest BCUT2D eigenvalue weighted by molar-refractivity contribution is -0.120. The standard InChI is InChI=1S/C7H15NO.C3H8O/c1-4-7(9)8-5-6(2)3;1-3-4-2/h6H,4-5H2,1-3H3,(H,8,9);3H2,1-2H3. The van der Waals surface area contributed by atoms with E-state index in [-0.39, 0.29) is 5.91 Å². The molecule has 0 unspecified atom stereocenters. The van der Waals surface area contributed by atoms with Crippen LogP contribution in [-0.4, -0.2) is 26.2 Å². The topological polar surface area (TPSA) is 38.3 Å². The van der Waals surface area contributed by atoms with Crippen molar-refractivity contribution >= 4 is 5.91 Å². The molecular weight excluding hydrogens is 166 g/mol. The lowest BCUT2D eigenvalue weighted by atomic mass is 10.2. The van der Waals surface area contributed by atoms with E-state index in [9.17, 15) is 4.79 Å². The first kappa shape index (κ1) is 14.9. The highest BCUT2D eigenvalue weighted by Gasteiger charge is 1.96. The zero-order valence-electron chi connectivity index (χ0n) is 9.52. The molecule has 0 aromatic heterocycles. The zero-order valence-corrected chi connectivity index (χ0v) is 9.52. The molecule has 0 aliphatic heterocycles. The van der Waals surface area contributed by atoms with Crippen molar-refractivity contribution in [1.82, 2.24) is 5.32 Å². The molecule has 13 heavy (non-hydrogen) atoms. The van der Waals surface area contributed by atoms with E-state index < -0.39 is 0 Å². The van der Waals surface area contributed by atoms with E-state index in [1.54, 1.807) is 7.11 Å². The van der Waals surface area contributed by atoms with Gasteiger partial charge in [0.05, 0.1) is 0 Å². The number of rotatable bonds is 4. The zero-order chi connectivity index (χ0) is 10.7. The number of hydrogen-bond acceptors (Lipinski definition) is 2. The molecule has 0 aromatic carbocycles. The molecular formula is C10H23NO2. The van der Waals surface area contributed by atoms with Gasteiger partial charge in [-0.15, -0.1) is 0 Å². The fourth-order valence-electron chi connectivity index (χ4n) is 0.443. The number of hydrogen-bond donors (Lipinski definition) is 1. The van der Waals surface area contributed by atoms with Crippen molar-refractivity contribution in [3.05, 3.63) is 0 Å². The Bertz CT molecular complexity index is 111. The van der Waals surface area contributed by atoms with Gasteiger partial charge in [0.15, 0.2) is 0 Å². The molecule has 1 N–H and O–H groups in total. The Balaban J connectivity index is 0. The monoisotopic (exact) mass is 189 g/mol. The quantitative estimate of drug-likeness (QED) is 0.732. The van der Waals surface area contributed by atoms with Crippen molar-refractivity contribution in [2.75, 3.05) is 20.3 Å². The van der Waals surface area contributed by atoms with Gasteiger partial charge < -0.3 is 10.1 Å². The summed E-state index contributed by atoms with van der Waals surface area (Å²) in [6.07, 6.45) is 0.590. The van der Waals surface area contributed by atoms with Crippen LogP contribution >= 0.6 is 0 Å². The fraction of sp³-hybridized carbons (Fsp3) is 0.900. The molecule has 1 amide bonds. The van der Waals surface area contributed by atoms with Crippen LogP contribution in [0.1, 0.15) is 34.1 Å². The van der Waals surface area contributed by atoms with Gasteiger partial charge in [0, 0.05) is 26.7 Å². The summed E-state index contributed by atoms with van der Waals surface area (Å²) in [6.45, 7) is 9.59. The largest absolute Gasteiger partial charge is 0.385 e. The second kappa shape index (κ2) is 11.4. The van der Waals surface area contributed by atoms with Crippen LogP contribution in [0.5, 0.6) is 0 Å². The third-order valence-corrected chi connectivity index (χ3v) is 1.32. The summed E-state index contributed by atoms with van der Waals surface area (Å²) in [5, 5.41) is 2.79. The lowest BCUT2D eigenvalue weighted by Crippen LogP contribution is -2.26. The molecule has 0 saturated carbocycles. The van der Waals surface area contributed by atoms with E-state index in [0.717, 1.165) is 13.2 Å². The SMILES string of the molecule is CCC(=O)NCC(C)C.CCOC. The van der Waals surface area contributed by atoms with Gasteiger partial charge in [0.25, 0.3) is 0 Å². The van der Waals surface area contributed by atoms with Crippen molar-refractivity contribution in [3.63, 3.8) is 0 Å². The Hall–Kier alpha value is -0.570. The minimum absolute atomic E-state index is 0.142. The Morgan fingerprint density at radius 1 is 1.38 bits per heavy atom. The minimum atomic E-state index is 0.142. The highest BCUT2D eigenvalue weighted by molar-refractivity contribution is 5.75. The summed E-state index contributed by atoms with van der Waals surface area (Å²) < 4.78 is 4.54. The first-order chi connectivity index (χ1) is 6.08. The summed E-state index contributed by atoms with van der Waals surface area (Å²) in [7, 11) is 1.68. The molecule has 0 rings (SSSR count). The molecule has 0 fully saturated rings. The molecule has 0 aliphatic carbocycles. The molecule has 0 radical (unpaired) electrons. The van der Waals surface area contributed by atoms with Gasteiger partial charge in [-0.1, -0.05) is 20.8 Å². The van der Waals surface area contributed by atoms with Gasteiger partial charge in [-0.05, 0) is 12.8 Å². The molecule has 3 heteroatoms. The van der Waals surface area contributed by atoms with E-state index in [0.29, 0.717) is 12.3 Å². The average molecular weight is 189 g/mol. The van der Waals surface area contributed by atoms with Crippen molar-refractivity contribution in [3.8, 4) is 0 Å². The molecule has 80 valence electrons. The second-order valence-corrected chi connectivity index (χ2v) is 3.13. The molecule has 0 saturated heterocycles. The number of nitrogens with one attached hydrogen (secondary N) is 1. The Morgan fingerprint density at radius 3 is 2.08 bits per heavy atom. The highest BCUT2D eigenvalue weighted by Crippen LogP contribution is 1.87. The van der Waals surface area contributed by atoms with Crippen molar-refractivity contribution in [1.29, 1.82) is 0 Å². The maximum Gasteiger partial charge on any atom is 0.219 e. The molecule has 0 heterocycles. The number of amides is 1. The summed E-state index contributed by atoms with van der Waals surface area (Å²) in [5.41, 5.74) is 0.